The minimum absolute atomic E-state index is 0.0490. The van der Waals surface area contributed by atoms with Crippen LogP contribution < -0.4 is 21.6 Å². The van der Waals surface area contributed by atoms with E-state index in [2.05, 4.69) is 10.0 Å². The number of amidine groups is 1. The number of piperazine rings is 1. The van der Waals surface area contributed by atoms with E-state index >= 15 is 0 Å². The maximum absolute atomic E-state index is 13.3. The van der Waals surface area contributed by atoms with Crippen molar-refractivity contribution in [2.45, 2.75) is 19.4 Å². The lowest BCUT2D eigenvalue weighted by Gasteiger charge is -2.43. The standard InChI is InChI=1S/C26H27Cl3N6O/c1-17(32-30)35(31)22-9-2-18(3-10-22)14-26(36)33-12-13-34(24-11-8-21(28)15-23(24)29)25(16-33)19-4-6-20(27)7-5-19/h2-11,15,25H,12-14,16,30-31H2,1H3/b32-17-. The predicted molar refractivity (Wildman–Crippen MR) is 149 cm³/mol. The molecule has 0 aromatic heterocycles. The number of hydrogen-bond acceptors (Lipinski definition) is 5. The monoisotopic (exact) mass is 544 g/mol. The van der Waals surface area contributed by atoms with Crippen LogP contribution in [0.2, 0.25) is 15.1 Å². The second kappa shape index (κ2) is 11.4. The zero-order valence-corrected chi connectivity index (χ0v) is 22.0. The fourth-order valence-electron chi connectivity index (χ4n) is 4.29. The first-order valence-corrected chi connectivity index (χ1v) is 12.5. The first-order valence-electron chi connectivity index (χ1n) is 11.4. The van der Waals surface area contributed by atoms with Crippen molar-refractivity contribution >= 4 is 57.9 Å². The number of benzene rings is 3. The molecule has 3 aromatic rings. The van der Waals surface area contributed by atoms with Gasteiger partial charge in [-0.1, -0.05) is 59.1 Å². The van der Waals surface area contributed by atoms with Crippen LogP contribution in [-0.4, -0.2) is 36.3 Å². The van der Waals surface area contributed by atoms with Crippen molar-refractivity contribution in [1.82, 2.24) is 4.90 Å². The molecule has 1 atom stereocenters. The Morgan fingerprint density at radius 1 is 1.00 bits per heavy atom. The van der Waals surface area contributed by atoms with E-state index in [9.17, 15) is 4.79 Å². The molecule has 4 N–H and O–H groups in total. The van der Waals surface area contributed by atoms with Crippen molar-refractivity contribution < 1.29 is 4.79 Å². The first kappa shape index (κ1) is 26.1. The minimum atomic E-state index is -0.0923. The van der Waals surface area contributed by atoms with Crippen LogP contribution in [-0.2, 0) is 11.2 Å². The average molecular weight is 546 g/mol. The van der Waals surface area contributed by atoms with Crippen molar-refractivity contribution in [2.75, 3.05) is 29.5 Å². The number of hydrogen-bond donors (Lipinski definition) is 2. The van der Waals surface area contributed by atoms with Crippen molar-refractivity contribution in [3.8, 4) is 0 Å². The molecule has 188 valence electrons. The molecule has 0 saturated carbocycles. The van der Waals surface area contributed by atoms with Crippen LogP contribution >= 0.6 is 34.8 Å². The lowest BCUT2D eigenvalue weighted by molar-refractivity contribution is -0.131. The van der Waals surface area contributed by atoms with Crippen LogP contribution in [0.5, 0.6) is 0 Å². The molecule has 1 aliphatic rings. The molecule has 1 heterocycles. The van der Waals surface area contributed by atoms with Crippen LogP contribution in [0.4, 0.5) is 11.4 Å². The van der Waals surface area contributed by atoms with Gasteiger partial charge in [-0.15, -0.1) is 0 Å². The van der Waals surface area contributed by atoms with Gasteiger partial charge >= 0.3 is 0 Å². The second-order valence-corrected chi connectivity index (χ2v) is 9.87. The van der Waals surface area contributed by atoms with Gasteiger partial charge in [0.2, 0.25) is 5.91 Å². The number of amides is 1. The molecule has 1 unspecified atom stereocenters. The predicted octanol–water partition coefficient (Wildman–Crippen LogP) is 5.25. The van der Waals surface area contributed by atoms with Crippen molar-refractivity contribution in [3.63, 3.8) is 0 Å². The van der Waals surface area contributed by atoms with Crippen molar-refractivity contribution in [1.29, 1.82) is 0 Å². The van der Waals surface area contributed by atoms with E-state index in [0.717, 1.165) is 22.5 Å². The summed E-state index contributed by atoms with van der Waals surface area (Å²) in [4.78, 5) is 17.4. The highest BCUT2D eigenvalue weighted by Gasteiger charge is 2.32. The Balaban J connectivity index is 1.53. The number of anilines is 2. The SMILES string of the molecule is C/C(=N/N)N(N)c1ccc(CC(=O)N2CCN(c3ccc(Cl)cc3Cl)C(c3ccc(Cl)cc3)C2)cc1. The van der Waals surface area contributed by atoms with Gasteiger partial charge in [0.05, 0.1) is 28.9 Å². The third kappa shape index (κ3) is 5.87. The van der Waals surface area contributed by atoms with E-state index in [-0.39, 0.29) is 18.4 Å². The lowest BCUT2D eigenvalue weighted by atomic mass is 10.0. The minimum Gasteiger partial charge on any atom is -0.360 e. The lowest BCUT2D eigenvalue weighted by Crippen LogP contribution is -2.51. The van der Waals surface area contributed by atoms with Crippen LogP contribution in [0.1, 0.15) is 24.1 Å². The van der Waals surface area contributed by atoms with Crippen LogP contribution in [0.3, 0.4) is 0 Å². The van der Waals surface area contributed by atoms with E-state index in [1.165, 1.54) is 5.01 Å². The van der Waals surface area contributed by atoms with Gasteiger partial charge in [0.25, 0.3) is 0 Å². The molecule has 1 saturated heterocycles. The van der Waals surface area contributed by atoms with Gasteiger partial charge in [0.15, 0.2) is 0 Å². The summed E-state index contributed by atoms with van der Waals surface area (Å²) >= 11 is 18.8. The molecular formula is C26H27Cl3N6O. The van der Waals surface area contributed by atoms with Gasteiger partial charge in [0.1, 0.15) is 5.84 Å². The maximum atomic E-state index is 13.3. The summed E-state index contributed by atoms with van der Waals surface area (Å²) in [5, 5.41) is 6.81. The van der Waals surface area contributed by atoms with Crippen molar-refractivity contribution in [2.24, 2.45) is 16.8 Å². The number of carbonyl (C=O) groups is 1. The Kier molecular flexibility index (Phi) is 8.26. The topological polar surface area (TPSA) is 91.2 Å². The normalized spacial score (nSPS) is 16.2. The number of nitrogens with two attached hydrogens (primary N) is 2. The van der Waals surface area contributed by atoms with Crippen LogP contribution in [0, 0.1) is 0 Å². The van der Waals surface area contributed by atoms with E-state index < -0.39 is 0 Å². The summed E-state index contributed by atoms with van der Waals surface area (Å²) in [6.45, 7) is 3.42. The smallest absolute Gasteiger partial charge is 0.227 e. The van der Waals surface area contributed by atoms with E-state index in [1.807, 2.05) is 65.6 Å². The van der Waals surface area contributed by atoms with Gasteiger partial charge in [-0.2, -0.15) is 5.10 Å². The Morgan fingerprint density at radius 2 is 1.67 bits per heavy atom. The molecule has 7 nitrogen and oxygen atoms in total. The number of rotatable bonds is 5. The third-order valence-electron chi connectivity index (χ3n) is 6.31. The molecule has 1 amide bonds. The highest BCUT2D eigenvalue weighted by atomic mass is 35.5. The second-order valence-electron chi connectivity index (χ2n) is 8.59. The van der Waals surface area contributed by atoms with E-state index in [1.54, 1.807) is 13.0 Å². The molecule has 36 heavy (non-hydrogen) atoms. The highest BCUT2D eigenvalue weighted by molar-refractivity contribution is 6.36. The molecule has 0 radical (unpaired) electrons. The molecule has 0 aliphatic carbocycles. The summed E-state index contributed by atoms with van der Waals surface area (Å²) < 4.78 is 0. The van der Waals surface area contributed by atoms with E-state index in [4.69, 9.17) is 46.5 Å². The van der Waals surface area contributed by atoms with Crippen molar-refractivity contribution in [3.05, 3.63) is 92.9 Å². The molecule has 3 aromatic carbocycles. The molecular weight excluding hydrogens is 519 g/mol. The summed E-state index contributed by atoms with van der Waals surface area (Å²) in [5.41, 5.74) is 3.55. The zero-order chi connectivity index (χ0) is 25.8. The number of hydrazone groups is 1. The largest absolute Gasteiger partial charge is 0.360 e. The maximum Gasteiger partial charge on any atom is 0.227 e. The summed E-state index contributed by atoms with van der Waals surface area (Å²) in [7, 11) is 0. The first-order chi connectivity index (χ1) is 17.3. The third-order valence-corrected chi connectivity index (χ3v) is 7.10. The quantitative estimate of drug-likeness (QED) is 0.198. The van der Waals surface area contributed by atoms with Gasteiger partial charge < -0.3 is 15.6 Å². The Morgan fingerprint density at radius 3 is 2.31 bits per heavy atom. The summed E-state index contributed by atoms with van der Waals surface area (Å²) in [5.74, 6) is 11.8. The molecule has 4 rings (SSSR count). The number of hydrazine groups is 1. The Bertz CT molecular complexity index is 1250. The number of carbonyl (C=O) groups excluding carboxylic acids is 1. The molecule has 1 aliphatic heterocycles. The number of nitrogens with zero attached hydrogens (tertiary/aromatic N) is 4. The van der Waals surface area contributed by atoms with E-state index in [0.29, 0.717) is 40.5 Å². The Labute approximate surface area is 225 Å². The van der Waals surface area contributed by atoms with Crippen LogP contribution in [0.25, 0.3) is 0 Å². The molecule has 1 fully saturated rings. The highest BCUT2D eigenvalue weighted by Crippen LogP contribution is 2.37. The fraction of sp³-hybridized carbons (Fsp3) is 0.231. The summed E-state index contributed by atoms with van der Waals surface area (Å²) in [6, 6.07) is 20.5. The molecule has 0 bridgehead atoms. The fourth-order valence-corrected chi connectivity index (χ4v) is 4.94. The van der Waals surface area contributed by atoms with Gasteiger partial charge in [0, 0.05) is 29.7 Å². The van der Waals surface area contributed by atoms with Crippen LogP contribution in [0.15, 0.2) is 71.8 Å². The van der Waals surface area contributed by atoms with Gasteiger partial charge in [-0.3, -0.25) is 9.80 Å². The number of halogens is 3. The summed E-state index contributed by atoms with van der Waals surface area (Å²) in [6.07, 6.45) is 0.282. The average Bonchev–Trinajstić information content (AvgIpc) is 2.88. The van der Waals surface area contributed by atoms with Gasteiger partial charge in [-0.25, -0.2) is 5.84 Å². The molecule has 0 spiro atoms. The van der Waals surface area contributed by atoms with Gasteiger partial charge in [-0.05, 0) is 60.5 Å². The Hall–Kier alpha value is -2.97. The molecule has 10 heteroatoms. The zero-order valence-electron chi connectivity index (χ0n) is 19.7.